The van der Waals surface area contributed by atoms with Crippen LogP contribution in [0.4, 0.5) is 0 Å². The molecule has 0 aliphatic carbocycles. The number of hydrogen-bond acceptors (Lipinski definition) is 6. The number of hydrogen-bond donors (Lipinski definition) is 1. The van der Waals surface area contributed by atoms with Crippen molar-refractivity contribution < 1.29 is 9.52 Å². The van der Waals surface area contributed by atoms with Gasteiger partial charge in [0.1, 0.15) is 18.5 Å². The molecule has 3 heterocycles. The zero-order valence-electron chi connectivity index (χ0n) is 13.3. The highest BCUT2D eigenvalue weighted by Crippen LogP contribution is 2.18. The summed E-state index contributed by atoms with van der Waals surface area (Å²) in [5.74, 6) is 1.98. The van der Waals surface area contributed by atoms with Crippen LogP contribution in [0.1, 0.15) is 26.1 Å². The summed E-state index contributed by atoms with van der Waals surface area (Å²) in [6.45, 7) is 4.63. The number of furan rings is 1. The molecule has 0 saturated carbocycles. The molecule has 0 fully saturated rings. The molecule has 0 spiro atoms. The summed E-state index contributed by atoms with van der Waals surface area (Å²) in [5.41, 5.74) is -0.866. The normalized spacial score (nSPS) is 12.0. The molecule has 8 nitrogen and oxygen atoms in total. The molecule has 0 aliphatic heterocycles. The van der Waals surface area contributed by atoms with Crippen LogP contribution in [0.5, 0.6) is 0 Å². The molecule has 0 bridgehead atoms. The van der Waals surface area contributed by atoms with Gasteiger partial charge in [0.05, 0.1) is 18.4 Å². The fraction of sp³-hybridized carbons (Fsp3) is 0.467. The largest absolute Gasteiger partial charge is 0.461 e. The van der Waals surface area contributed by atoms with Gasteiger partial charge in [-0.1, -0.05) is 0 Å². The van der Waals surface area contributed by atoms with Gasteiger partial charge in [-0.25, -0.2) is 14.6 Å². The third kappa shape index (κ3) is 4.04. The van der Waals surface area contributed by atoms with E-state index in [-0.39, 0.29) is 0 Å². The standard InChI is InChI=1S/C15H20N6O2/c1-15(2,22)9-21-13(6-3-7-20-11-16-10-17-20)18-14(19-21)12-5-4-8-23-12/h4-5,8,10-11,22H,3,6-7,9H2,1-2H3. The molecule has 8 heteroatoms. The van der Waals surface area contributed by atoms with E-state index in [1.54, 1.807) is 41.9 Å². The molecule has 0 saturated heterocycles. The fourth-order valence-corrected chi connectivity index (χ4v) is 2.31. The topological polar surface area (TPSA) is 94.8 Å². The highest BCUT2D eigenvalue weighted by molar-refractivity contribution is 5.45. The summed E-state index contributed by atoms with van der Waals surface area (Å²) >= 11 is 0. The number of aromatic nitrogens is 6. The summed E-state index contributed by atoms with van der Waals surface area (Å²) < 4.78 is 8.89. The number of aryl methyl sites for hydroxylation is 2. The molecular weight excluding hydrogens is 296 g/mol. The molecule has 1 N–H and O–H groups in total. The maximum Gasteiger partial charge on any atom is 0.217 e. The van der Waals surface area contributed by atoms with E-state index in [0.29, 0.717) is 18.1 Å². The van der Waals surface area contributed by atoms with E-state index in [2.05, 4.69) is 20.2 Å². The Hall–Kier alpha value is -2.48. The first-order chi connectivity index (χ1) is 11.0. The van der Waals surface area contributed by atoms with E-state index >= 15 is 0 Å². The maximum absolute atomic E-state index is 10.1. The summed E-state index contributed by atoms with van der Waals surface area (Å²) in [5, 5.41) is 18.6. The monoisotopic (exact) mass is 316 g/mol. The minimum absolute atomic E-state index is 0.374. The molecule has 0 aromatic carbocycles. The Balaban J connectivity index is 1.75. The summed E-state index contributed by atoms with van der Waals surface area (Å²) in [4.78, 5) is 8.48. The van der Waals surface area contributed by atoms with Crippen molar-refractivity contribution in [2.45, 2.75) is 45.4 Å². The van der Waals surface area contributed by atoms with E-state index in [1.165, 1.54) is 6.33 Å². The van der Waals surface area contributed by atoms with Crippen LogP contribution in [0.15, 0.2) is 35.5 Å². The lowest BCUT2D eigenvalue weighted by Gasteiger charge is -2.17. The second-order valence-corrected chi connectivity index (χ2v) is 6.06. The van der Waals surface area contributed by atoms with Crippen molar-refractivity contribution in [3.63, 3.8) is 0 Å². The number of aliphatic hydroxyl groups is 1. The van der Waals surface area contributed by atoms with E-state index in [9.17, 15) is 5.11 Å². The predicted octanol–water partition coefficient (Wildman–Crippen LogP) is 1.53. The zero-order valence-corrected chi connectivity index (χ0v) is 13.3. The van der Waals surface area contributed by atoms with Crippen molar-refractivity contribution in [1.29, 1.82) is 0 Å². The molecule has 0 radical (unpaired) electrons. The first kappa shape index (κ1) is 15.4. The van der Waals surface area contributed by atoms with Crippen LogP contribution in [0.3, 0.4) is 0 Å². The van der Waals surface area contributed by atoms with Crippen LogP contribution in [-0.4, -0.2) is 40.2 Å². The number of rotatable bonds is 7. The minimum atomic E-state index is -0.866. The zero-order chi connectivity index (χ0) is 16.3. The summed E-state index contributed by atoms with van der Waals surface area (Å²) in [6.07, 6.45) is 6.38. The minimum Gasteiger partial charge on any atom is -0.461 e. The van der Waals surface area contributed by atoms with Crippen molar-refractivity contribution in [3.05, 3.63) is 36.9 Å². The van der Waals surface area contributed by atoms with Gasteiger partial charge >= 0.3 is 0 Å². The highest BCUT2D eigenvalue weighted by Gasteiger charge is 2.20. The van der Waals surface area contributed by atoms with Crippen molar-refractivity contribution in [1.82, 2.24) is 29.5 Å². The Morgan fingerprint density at radius 2 is 2.22 bits per heavy atom. The first-order valence-electron chi connectivity index (χ1n) is 7.54. The van der Waals surface area contributed by atoms with Crippen LogP contribution >= 0.6 is 0 Å². The van der Waals surface area contributed by atoms with Crippen molar-refractivity contribution >= 4 is 0 Å². The van der Waals surface area contributed by atoms with E-state index in [1.807, 2.05) is 6.07 Å². The van der Waals surface area contributed by atoms with Gasteiger partial charge in [-0.05, 0) is 32.4 Å². The van der Waals surface area contributed by atoms with Crippen molar-refractivity contribution in [2.24, 2.45) is 0 Å². The van der Waals surface area contributed by atoms with Gasteiger partial charge in [0.15, 0.2) is 5.76 Å². The number of nitrogens with zero attached hydrogens (tertiary/aromatic N) is 6. The molecule has 0 unspecified atom stereocenters. The molecule has 122 valence electrons. The van der Waals surface area contributed by atoms with E-state index in [0.717, 1.165) is 25.2 Å². The lowest BCUT2D eigenvalue weighted by Crippen LogP contribution is -2.28. The Bertz CT molecular complexity index is 725. The second kappa shape index (κ2) is 6.33. The molecule has 0 atom stereocenters. The maximum atomic E-state index is 10.1. The van der Waals surface area contributed by atoms with Crippen LogP contribution in [0.2, 0.25) is 0 Å². The van der Waals surface area contributed by atoms with Gasteiger partial charge in [0, 0.05) is 13.0 Å². The van der Waals surface area contributed by atoms with Crippen molar-refractivity contribution in [3.8, 4) is 11.6 Å². The third-order valence-corrected chi connectivity index (χ3v) is 3.28. The van der Waals surface area contributed by atoms with E-state index < -0.39 is 5.60 Å². The predicted molar refractivity (Wildman–Crippen MR) is 82.4 cm³/mol. The van der Waals surface area contributed by atoms with Crippen molar-refractivity contribution in [2.75, 3.05) is 0 Å². The molecule has 23 heavy (non-hydrogen) atoms. The van der Waals surface area contributed by atoms with Gasteiger partial charge in [-0.15, -0.1) is 5.10 Å². The van der Waals surface area contributed by atoms with Gasteiger partial charge in [-0.3, -0.25) is 4.68 Å². The average molecular weight is 316 g/mol. The van der Waals surface area contributed by atoms with Gasteiger partial charge < -0.3 is 9.52 Å². The SMILES string of the molecule is CC(C)(O)Cn1nc(-c2ccco2)nc1CCCn1cncn1. The second-order valence-electron chi connectivity index (χ2n) is 6.06. The molecule has 0 aliphatic rings. The lowest BCUT2D eigenvalue weighted by atomic mass is 10.1. The Kier molecular flexibility index (Phi) is 4.24. The van der Waals surface area contributed by atoms with E-state index in [4.69, 9.17) is 4.42 Å². The Morgan fingerprint density at radius 3 is 2.87 bits per heavy atom. The quantitative estimate of drug-likeness (QED) is 0.710. The summed E-state index contributed by atoms with van der Waals surface area (Å²) in [7, 11) is 0. The van der Waals surface area contributed by atoms with Crippen LogP contribution < -0.4 is 0 Å². The highest BCUT2D eigenvalue weighted by atomic mass is 16.3. The Labute approximate surface area is 133 Å². The molecule has 0 amide bonds. The average Bonchev–Trinajstić information content (AvgIpc) is 3.18. The molecule has 3 rings (SSSR count). The van der Waals surface area contributed by atoms with Gasteiger partial charge in [0.2, 0.25) is 5.82 Å². The molecular formula is C15H20N6O2. The van der Waals surface area contributed by atoms with Crippen LogP contribution in [0, 0.1) is 0 Å². The lowest BCUT2D eigenvalue weighted by molar-refractivity contribution is 0.0566. The Morgan fingerprint density at radius 1 is 1.35 bits per heavy atom. The van der Waals surface area contributed by atoms with Crippen LogP contribution in [0.25, 0.3) is 11.6 Å². The van der Waals surface area contributed by atoms with Gasteiger partial charge in [-0.2, -0.15) is 5.10 Å². The smallest absolute Gasteiger partial charge is 0.217 e. The van der Waals surface area contributed by atoms with Crippen LogP contribution in [-0.2, 0) is 19.5 Å². The van der Waals surface area contributed by atoms with Gasteiger partial charge in [0.25, 0.3) is 0 Å². The molecule has 3 aromatic heterocycles. The fourth-order valence-electron chi connectivity index (χ4n) is 2.31. The third-order valence-electron chi connectivity index (χ3n) is 3.28. The summed E-state index contributed by atoms with van der Waals surface area (Å²) in [6, 6.07) is 3.62. The molecule has 3 aromatic rings. The first-order valence-corrected chi connectivity index (χ1v) is 7.54.